The minimum atomic E-state index is -3.53. The lowest BCUT2D eigenvalue weighted by atomic mass is 10.1. The molecule has 166 valence electrons. The van der Waals surface area contributed by atoms with Crippen LogP contribution in [0.25, 0.3) is 10.2 Å². The Hall–Kier alpha value is -2.29. The molecule has 6 nitrogen and oxygen atoms in total. The van der Waals surface area contributed by atoms with E-state index in [0.717, 1.165) is 21.3 Å². The van der Waals surface area contributed by atoms with E-state index in [1.165, 1.54) is 16.9 Å². The van der Waals surface area contributed by atoms with Crippen molar-refractivity contribution in [1.29, 1.82) is 0 Å². The van der Waals surface area contributed by atoms with Crippen LogP contribution in [0.2, 0.25) is 0 Å². The highest BCUT2D eigenvalue weighted by molar-refractivity contribution is 7.91. The third-order valence-corrected chi connectivity index (χ3v) is 8.03. The third-order valence-electron chi connectivity index (χ3n) is 5.26. The molecule has 2 aromatic carbocycles. The molecule has 0 N–H and O–H groups in total. The number of thiazole rings is 1. The minimum Gasteiger partial charge on any atom is -0.308 e. The summed E-state index contributed by atoms with van der Waals surface area (Å²) in [5.74, 6) is -0.457. The molecule has 0 saturated heterocycles. The fraction of sp³-hybridized carbons (Fsp3) is 0.391. The zero-order valence-electron chi connectivity index (χ0n) is 18.7. The molecule has 0 atom stereocenters. The highest BCUT2D eigenvalue weighted by Crippen LogP contribution is 2.31. The van der Waals surface area contributed by atoms with Crippen LogP contribution in [0.5, 0.6) is 0 Å². The molecule has 3 rings (SSSR count). The highest BCUT2D eigenvalue weighted by Gasteiger charge is 2.23. The van der Waals surface area contributed by atoms with Crippen LogP contribution >= 0.6 is 11.3 Å². The Balaban J connectivity index is 1.83. The number of hydrogen-bond donors (Lipinski definition) is 0. The van der Waals surface area contributed by atoms with E-state index in [-0.39, 0.29) is 23.0 Å². The molecule has 0 spiro atoms. The summed E-state index contributed by atoms with van der Waals surface area (Å²) in [7, 11) is 0.350. The molecule has 31 heavy (non-hydrogen) atoms. The van der Waals surface area contributed by atoms with Crippen LogP contribution in [0.4, 0.5) is 5.13 Å². The fourth-order valence-electron chi connectivity index (χ4n) is 3.13. The lowest BCUT2D eigenvalue weighted by molar-refractivity contribution is -0.118. The zero-order chi connectivity index (χ0) is 22.8. The van der Waals surface area contributed by atoms with E-state index < -0.39 is 9.84 Å². The molecule has 0 aliphatic heterocycles. The van der Waals surface area contributed by atoms with Crippen LogP contribution < -0.4 is 4.90 Å². The van der Waals surface area contributed by atoms with Crippen molar-refractivity contribution in [3.05, 3.63) is 53.1 Å². The molecule has 3 aromatic rings. The first-order valence-corrected chi connectivity index (χ1v) is 12.7. The quantitative estimate of drug-likeness (QED) is 0.510. The summed E-state index contributed by atoms with van der Waals surface area (Å²) < 4.78 is 26.4. The van der Waals surface area contributed by atoms with Crippen molar-refractivity contribution in [3.63, 3.8) is 0 Å². The normalized spacial score (nSPS) is 11.9. The molecular weight excluding hydrogens is 430 g/mol. The summed E-state index contributed by atoms with van der Waals surface area (Å²) in [6.07, 6.45) is -0.0857. The van der Waals surface area contributed by atoms with Crippen molar-refractivity contribution in [2.24, 2.45) is 0 Å². The largest absolute Gasteiger partial charge is 0.308 e. The van der Waals surface area contributed by atoms with Crippen LogP contribution in [0.1, 0.15) is 23.1 Å². The molecule has 0 unspecified atom stereocenters. The minimum absolute atomic E-state index is 0.0857. The maximum absolute atomic E-state index is 13.1. The average molecular weight is 460 g/mol. The topological polar surface area (TPSA) is 70.6 Å². The average Bonchev–Trinajstić information content (AvgIpc) is 3.09. The number of aromatic nitrogens is 1. The van der Waals surface area contributed by atoms with Gasteiger partial charge in [-0.05, 0) is 70.3 Å². The van der Waals surface area contributed by atoms with E-state index >= 15 is 0 Å². The molecule has 0 bridgehead atoms. The number of hydrogen-bond acceptors (Lipinski definition) is 6. The molecule has 0 fully saturated rings. The monoisotopic (exact) mass is 459 g/mol. The zero-order valence-corrected chi connectivity index (χ0v) is 20.3. The number of carbonyl (C=O) groups is 1. The summed E-state index contributed by atoms with van der Waals surface area (Å²) in [5.41, 5.74) is 4.18. The molecule has 0 radical (unpaired) electrons. The van der Waals surface area contributed by atoms with Crippen LogP contribution in [0.3, 0.4) is 0 Å². The van der Waals surface area contributed by atoms with Gasteiger partial charge in [0.15, 0.2) is 15.0 Å². The van der Waals surface area contributed by atoms with Gasteiger partial charge in [-0.1, -0.05) is 29.0 Å². The summed E-state index contributed by atoms with van der Waals surface area (Å²) in [4.78, 5) is 21.7. The van der Waals surface area contributed by atoms with Gasteiger partial charge in [0.1, 0.15) is 0 Å². The number of rotatable bonds is 8. The molecule has 1 amide bonds. The highest BCUT2D eigenvalue weighted by atomic mass is 32.2. The van der Waals surface area contributed by atoms with Gasteiger partial charge in [0.05, 0.1) is 20.9 Å². The second-order valence-electron chi connectivity index (χ2n) is 8.13. The number of benzene rings is 2. The van der Waals surface area contributed by atoms with Crippen molar-refractivity contribution in [2.75, 3.05) is 37.8 Å². The van der Waals surface area contributed by atoms with Crippen LogP contribution in [0.15, 0.2) is 41.3 Å². The SMILES string of the molecule is Cc1ccc(S(=O)(=O)CCC(=O)N(CCN(C)C)c2nc3cc(C)c(C)cc3s2)cc1. The fourth-order valence-corrected chi connectivity index (χ4v) is 5.45. The van der Waals surface area contributed by atoms with Gasteiger partial charge in [-0.15, -0.1) is 0 Å². The van der Waals surface area contributed by atoms with Crippen molar-refractivity contribution in [2.45, 2.75) is 32.1 Å². The molecule has 0 aliphatic rings. The van der Waals surface area contributed by atoms with Gasteiger partial charge >= 0.3 is 0 Å². The Labute approximate surface area is 188 Å². The van der Waals surface area contributed by atoms with Crippen molar-refractivity contribution >= 4 is 42.4 Å². The molecule has 0 aliphatic carbocycles. The van der Waals surface area contributed by atoms with E-state index in [4.69, 9.17) is 0 Å². The third kappa shape index (κ3) is 5.70. The number of fused-ring (bicyclic) bond motifs is 1. The van der Waals surface area contributed by atoms with Gasteiger partial charge < -0.3 is 4.90 Å². The van der Waals surface area contributed by atoms with Crippen LogP contribution in [0, 0.1) is 20.8 Å². The number of nitrogens with zero attached hydrogens (tertiary/aromatic N) is 3. The van der Waals surface area contributed by atoms with E-state index in [9.17, 15) is 13.2 Å². The van der Waals surface area contributed by atoms with Crippen LogP contribution in [-0.4, -0.2) is 57.1 Å². The Morgan fingerprint density at radius 1 is 1.00 bits per heavy atom. The van der Waals surface area contributed by atoms with E-state index in [1.807, 2.05) is 38.9 Å². The Morgan fingerprint density at radius 2 is 1.65 bits per heavy atom. The van der Waals surface area contributed by atoms with E-state index in [0.29, 0.717) is 18.2 Å². The second kappa shape index (κ2) is 9.46. The van der Waals surface area contributed by atoms with Gasteiger partial charge in [0, 0.05) is 19.5 Å². The first kappa shape index (κ1) is 23.4. The Bertz CT molecular complexity index is 1140. The number of amides is 1. The van der Waals surface area contributed by atoms with E-state index in [1.54, 1.807) is 29.2 Å². The molecule has 0 saturated carbocycles. The number of likely N-dealkylation sites (N-methyl/N-ethyl adjacent to an activating group) is 1. The van der Waals surface area contributed by atoms with Crippen molar-refractivity contribution < 1.29 is 13.2 Å². The van der Waals surface area contributed by atoms with Crippen LogP contribution in [-0.2, 0) is 14.6 Å². The standard InChI is InChI=1S/C23H29N3O3S2/c1-16-6-8-19(9-7-16)31(28,29)13-10-22(27)26(12-11-25(4)5)23-24-20-14-17(2)18(3)15-21(20)30-23/h6-9,14-15H,10-13H2,1-5H3. The van der Waals surface area contributed by atoms with Gasteiger partial charge in [-0.3, -0.25) is 9.69 Å². The summed E-state index contributed by atoms with van der Waals surface area (Å²) in [5, 5.41) is 0.611. The molecule has 8 heteroatoms. The Morgan fingerprint density at radius 3 is 2.29 bits per heavy atom. The smallest absolute Gasteiger partial charge is 0.229 e. The first-order valence-electron chi connectivity index (χ1n) is 10.2. The second-order valence-corrected chi connectivity index (χ2v) is 11.2. The van der Waals surface area contributed by atoms with Crippen molar-refractivity contribution in [3.8, 4) is 0 Å². The van der Waals surface area contributed by atoms with Gasteiger partial charge in [0.2, 0.25) is 5.91 Å². The predicted molar refractivity (Wildman–Crippen MR) is 128 cm³/mol. The lowest BCUT2D eigenvalue weighted by Gasteiger charge is -2.22. The number of carbonyl (C=O) groups excluding carboxylic acids is 1. The van der Waals surface area contributed by atoms with Crippen molar-refractivity contribution in [1.82, 2.24) is 9.88 Å². The number of aryl methyl sites for hydroxylation is 3. The Kier molecular flexibility index (Phi) is 7.13. The van der Waals surface area contributed by atoms with Gasteiger partial charge in [0.25, 0.3) is 0 Å². The summed E-state index contributed by atoms with van der Waals surface area (Å²) in [6.45, 7) is 7.11. The maximum atomic E-state index is 13.1. The maximum Gasteiger partial charge on any atom is 0.229 e. The van der Waals surface area contributed by atoms with Gasteiger partial charge in [-0.2, -0.15) is 0 Å². The number of anilines is 1. The van der Waals surface area contributed by atoms with Gasteiger partial charge in [-0.25, -0.2) is 13.4 Å². The summed E-state index contributed by atoms with van der Waals surface area (Å²) >= 11 is 1.47. The molecular formula is C23H29N3O3S2. The summed E-state index contributed by atoms with van der Waals surface area (Å²) in [6, 6.07) is 10.8. The van der Waals surface area contributed by atoms with E-state index in [2.05, 4.69) is 18.0 Å². The molecule has 1 aromatic heterocycles. The lowest BCUT2D eigenvalue weighted by Crippen LogP contribution is -2.37. The first-order chi connectivity index (χ1) is 14.6. The predicted octanol–water partition coefficient (Wildman–Crippen LogP) is 3.98. The molecule has 1 heterocycles. The number of sulfone groups is 1.